The minimum absolute atomic E-state index is 0.0628. The number of rotatable bonds is 5. The number of hydrogen-bond donors (Lipinski definition) is 0. The monoisotopic (exact) mass is 314 g/mol. The summed E-state index contributed by atoms with van der Waals surface area (Å²) >= 11 is 6.48. The van der Waals surface area contributed by atoms with Gasteiger partial charge in [0.2, 0.25) is 0 Å². The van der Waals surface area contributed by atoms with Crippen molar-refractivity contribution in [1.82, 2.24) is 4.90 Å². The fourth-order valence-electron chi connectivity index (χ4n) is 1.93. The molecule has 1 aliphatic heterocycles. The van der Waals surface area contributed by atoms with Crippen LogP contribution in [0.3, 0.4) is 0 Å². The van der Waals surface area contributed by atoms with Crippen LogP contribution in [0.5, 0.6) is 0 Å². The Bertz CT molecular complexity index is 566. The first-order valence-electron chi connectivity index (χ1n) is 5.86. The SMILES string of the molecule is O=C1SC(c2cccc([N+](=O)[O-])c2)N(CCCCl)C1=O. The van der Waals surface area contributed by atoms with Crippen LogP contribution < -0.4 is 0 Å². The predicted octanol–water partition coefficient (Wildman–Crippen LogP) is 2.32. The van der Waals surface area contributed by atoms with Gasteiger partial charge in [-0.3, -0.25) is 19.7 Å². The van der Waals surface area contributed by atoms with Gasteiger partial charge >= 0.3 is 5.91 Å². The van der Waals surface area contributed by atoms with E-state index in [1.807, 2.05) is 0 Å². The predicted molar refractivity (Wildman–Crippen MR) is 75.5 cm³/mol. The summed E-state index contributed by atoms with van der Waals surface area (Å²) in [5.41, 5.74) is 0.505. The summed E-state index contributed by atoms with van der Waals surface area (Å²) in [6.45, 7) is 0.356. The van der Waals surface area contributed by atoms with Crippen molar-refractivity contribution in [2.75, 3.05) is 12.4 Å². The molecule has 8 heteroatoms. The lowest BCUT2D eigenvalue weighted by atomic mass is 10.2. The molecule has 1 aromatic carbocycles. The van der Waals surface area contributed by atoms with E-state index in [4.69, 9.17) is 11.6 Å². The van der Waals surface area contributed by atoms with Gasteiger partial charge in [-0.25, -0.2) is 0 Å². The van der Waals surface area contributed by atoms with Crippen molar-refractivity contribution in [3.8, 4) is 0 Å². The number of nitrogens with zero attached hydrogens (tertiary/aromatic N) is 2. The Balaban J connectivity index is 2.29. The Morgan fingerprint density at radius 3 is 2.80 bits per heavy atom. The van der Waals surface area contributed by atoms with Crippen molar-refractivity contribution in [2.45, 2.75) is 11.8 Å². The molecule has 1 aromatic rings. The second-order valence-electron chi connectivity index (χ2n) is 4.15. The van der Waals surface area contributed by atoms with Crippen LogP contribution in [0, 0.1) is 10.1 Å². The lowest BCUT2D eigenvalue weighted by molar-refractivity contribution is -0.384. The number of hydrogen-bond acceptors (Lipinski definition) is 5. The highest BCUT2D eigenvalue weighted by Gasteiger charge is 2.40. The van der Waals surface area contributed by atoms with Crippen LogP contribution in [0.1, 0.15) is 17.4 Å². The smallest absolute Gasteiger partial charge is 0.302 e. The third kappa shape index (κ3) is 2.94. The first-order valence-corrected chi connectivity index (χ1v) is 7.28. The van der Waals surface area contributed by atoms with E-state index in [0.717, 1.165) is 11.8 Å². The molecule has 0 bridgehead atoms. The second-order valence-corrected chi connectivity index (χ2v) is 5.58. The number of amides is 1. The third-order valence-electron chi connectivity index (χ3n) is 2.84. The highest BCUT2D eigenvalue weighted by Crippen LogP contribution is 2.40. The van der Waals surface area contributed by atoms with Crippen molar-refractivity contribution in [3.05, 3.63) is 39.9 Å². The van der Waals surface area contributed by atoms with Crippen molar-refractivity contribution >= 4 is 40.1 Å². The Morgan fingerprint density at radius 1 is 1.40 bits per heavy atom. The van der Waals surface area contributed by atoms with E-state index in [0.29, 0.717) is 24.4 Å². The van der Waals surface area contributed by atoms with E-state index in [2.05, 4.69) is 0 Å². The topological polar surface area (TPSA) is 80.5 Å². The van der Waals surface area contributed by atoms with Gasteiger partial charge < -0.3 is 4.90 Å². The molecule has 0 aromatic heterocycles. The molecule has 20 heavy (non-hydrogen) atoms. The average molecular weight is 315 g/mol. The van der Waals surface area contributed by atoms with Crippen molar-refractivity contribution in [3.63, 3.8) is 0 Å². The van der Waals surface area contributed by atoms with Crippen molar-refractivity contribution < 1.29 is 14.5 Å². The third-order valence-corrected chi connectivity index (χ3v) is 4.24. The molecule has 0 spiro atoms. The lowest BCUT2D eigenvalue weighted by Crippen LogP contribution is -2.30. The summed E-state index contributed by atoms with van der Waals surface area (Å²) in [5, 5.41) is 9.72. The fourth-order valence-corrected chi connectivity index (χ4v) is 3.08. The Hall–Kier alpha value is -1.60. The maximum absolute atomic E-state index is 11.8. The Labute approximate surface area is 124 Å². The van der Waals surface area contributed by atoms with E-state index < -0.39 is 21.3 Å². The molecule has 0 N–H and O–H groups in total. The lowest BCUT2D eigenvalue weighted by Gasteiger charge is -2.22. The number of carbonyl (C=O) groups is 2. The van der Waals surface area contributed by atoms with E-state index in [1.165, 1.54) is 17.0 Å². The van der Waals surface area contributed by atoms with Gasteiger partial charge in [-0.15, -0.1) is 11.6 Å². The van der Waals surface area contributed by atoms with Gasteiger partial charge in [0.25, 0.3) is 10.8 Å². The largest absolute Gasteiger partial charge is 0.319 e. The molecule has 0 saturated carbocycles. The molecule has 106 valence electrons. The number of nitro benzene ring substituents is 1. The number of thioether (sulfide) groups is 1. The second kappa shape index (κ2) is 6.23. The zero-order valence-corrected chi connectivity index (χ0v) is 11.9. The maximum atomic E-state index is 11.8. The number of nitro groups is 1. The molecule has 1 aliphatic rings. The maximum Gasteiger partial charge on any atom is 0.302 e. The van der Waals surface area contributed by atoms with Gasteiger partial charge in [0.15, 0.2) is 0 Å². The van der Waals surface area contributed by atoms with Crippen LogP contribution in [0.2, 0.25) is 0 Å². The molecule has 1 atom stereocenters. The molecular weight excluding hydrogens is 304 g/mol. The van der Waals surface area contributed by atoms with Gasteiger partial charge in [0.05, 0.1) is 4.92 Å². The number of non-ortho nitro benzene ring substituents is 1. The van der Waals surface area contributed by atoms with E-state index in [-0.39, 0.29) is 5.69 Å². The first kappa shape index (κ1) is 14.8. The van der Waals surface area contributed by atoms with Crippen molar-refractivity contribution in [2.24, 2.45) is 0 Å². The number of alkyl halides is 1. The van der Waals surface area contributed by atoms with Gasteiger partial charge in [-0.05, 0) is 23.7 Å². The van der Waals surface area contributed by atoms with Crippen LogP contribution in [0.4, 0.5) is 5.69 Å². The van der Waals surface area contributed by atoms with Crippen LogP contribution in [0.15, 0.2) is 24.3 Å². The molecule has 1 unspecified atom stereocenters. The molecule has 0 aliphatic carbocycles. The summed E-state index contributed by atoms with van der Waals surface area (Å²) in [5.74, 6) is -0.193. The van der Waals surface area contributed by atoms with Gasteiger partial charge in [0.1, 0.15) is 5.37 Å². The molecule has 2 rings (SSSR count). The zero-order valence-electron chi connectivity index (χ0n) is 10.3. The standard InChI is InChI=1S/C12H11ClN2O4S/c13-5-2-6-14-10(16)12(17)20-11(14)8-3-1-4-9(7-8)15(18)19/h1,3-4,7,11H,2,5-6H2. The minimum Gasteiger partial charge on any atom is -0.319 e. The van der Waals surface area contributed by atoms with Crippen LogP contribution >= 0.6 is 23.4 Å². The first-order chi connectivity index (χ1) is 9.54. The molecular formula is C12H11ClN2O4S. The molecule has 1 amide bonds. The molecule has 1 saturated heterocycles. The highest BCUT2D eigenvalue weighted by atomic mass is 35.5. The van der Waals surface area contributed by atoms with Crippen LogP contribution in [0.25, 0.3) is 0 Å². The number of benzene rings is 1. The van der Waals surface area contributed by atoms with Crippen molar-refractivity contribution in [1.29, 1.82) is 0 Å². The summed E-state index contributed by atoms with van der Waals surface area (Å²) in [4.78, 5) is 35.0. The quantitative estimate of drug-likeness (QED) is 0.360. The summed E-state index contributed by atoms with van der Waals surface area (Å²) < 4.78 is 0. The van der Waals surface area contributed by atoms with Crippen LogP contribution in [-0.2, 0) is 9.59 Å². The normalized spacial score (nSPS) is 18.6. The fraction of sp³-hybridized carbons (Fsp3) is 0.333. The molecule has 1 fully saturated rings. The average Bonchev–Trinajstić information content (AvgIpc) is 2.73. The minimum atomic E-state index is -0.573. The number of carbonyl (C=O) groups excluding carboxylic acids is 2. The zero-order chi connectivity index (χ0) is 14.7. The van der Waals surface area contributed by atoms with Gasteiger partial charge in [-0.2, -0.15) is 0 Å². The molecule has 0 radical (unpaired) electrons. The summed E-state index contributed by atoms with van der Waals surface area (Å²) in [6, 6.07) is 5.97. The molecule has 6 nitrogen and oxygen atoms in total. The van der Waals surface area contributed by atoms with Gasteiger partial charge in [0, 0.05) is 24.6 Å². The summed E-state index contributed by atoms with van der Waals surface area (Å²) in [7, 11) is 0. The Kier molecular flexibility index (Phi) is 4.61. The highest BCUT2D eigenvalue weighted by molar-refractivity contribution is 8.16. The van der Waals surface area contributed by atoms with E-state index in [9.17, 15) is 19.7 Å². The Morgan fingerprint density at radius 2 is 2.15 bits per heavy atom. The summed E-state index contributed by atoms with van der Waals surface area (Å²) in [6.07, 6.45) is 0.562. The molecule has 1 heterocycles. The van der Waals surface area contributed by atoms with E-state index in [1.54, 1.807) is 12.1 Å². The van der Waals surface area contributed by atoms with Gasteiger partial charge in [-0.1, -0.05) is 12.1 Å². The van der Waals surface area contributed by atoms with Crippen LogP contribution in [-0.4, -0.2) is 33.3 Å². The van der Waals surface area contributed by atoms with E-state index >= 15 is 0 Å². The number of halogens is 1.